The monoisotopic (exact) mass is 476 g/mol. The highest BCUT2D eigenvalue weighted by molar-refractivity contribution is 5.85. The molecule has 3 aliphatic rings. The molecule has 0 radical (unpaired) electrons. The summed E-state index contributed by atoms with van der Waals surface area (Å²) in [4.78, 5) is 34.8. The third kappa shape index (κ3) is 5.57. The fourth-order valence-corrected chi connectivity index (χ4v) is 5.77. The standard InChI is InChI=1S/C28H36N4O3/c33-26(24-9-18-35-21-24)30-25(23-6-2-1-3-7-23)8-14-31-15-10-28(11-16-31)12-17-32(27(28)34)20-22-5-4-13-29-19-22/h1-7,13,19,24-25H,8-12,14-18,20-21H2,(H,30,33)/t24?,25-/m0/s1. The number of nitrogens with one attached hydrogen (secondary N) is 1. The van der Waals surface area contributed by atoms with Gasteiger partial charge in [0.05, 0.1) is 24.0 Å². The van der Waals surface area contributed by atoms with Crippen LogP contribution in [0.2, 0.25) is 0 Å². The third-order valence-electron chi connectivity index (χ3n) is 8.06. The summed E-state index contributed by atoms with van der Waals surface area (Å²) in [5, 5.41) is 3.29. The van der Waals surface area contributed by atoms with Gasteiger partial charge in [-0.3, -0.25) is 14.6 Å². The Labute approximate surface area is 207 Å². The van der Waals surface area contributed by atoms with Crippen LogP contribution in [-0.4, -0.2) is 66.0 Å². The van der Waals surface area contributed by atoms with Crippen LogP contribution in [0.25, 0.3) is 0 Å². The first-order valence-corrected chi connectivity index (χ1v) is 13.0. The Bertz CT molecular complexity index is 986. The van der Waals surface area contributed by atoms with Crippen LogP contribution in [0.15, 0.2) is 54.9 Å². The second kappa shape index (κ2) is 10.9. The number of piperidine rings is 1. The summed E-state index contributed by atoms with van der Waals surface area (Å²) in [6.45, 7) is 5.44. The number of carbonyl (C=O) groups is 2. The Hall–Kier alpha value is -2.77. The van der Waals surface area contributed by atoms with E-state index in [0.29, 0.717) is 25.7 Å². The quantitative estimate of drug-likeness (QED) is 0.634. The van der Waals surface area contributed by atoms with E-state index in [1.807, 2.05) is 41.4 Å². The first-order valence-electron chi connectivity index (χ1n) is 13.0. The second-order valence-corrected chi connectivity index (χ2v) is 10.3. The highest BCUT2D eigenvalue weighted by Gasteiger charge is 2.47. The molecular weight excluding hydrogens is 440 g/mol. The first-order chi connectivity index (χ1) is 17.1. The predicted octanol–water partition coefficient (Wildman–Crippen LogP) is 3.18. The van der Waals surface area contributed by atoms with E-state index < -0.39 is 0 Å². The number of nitrogens with zero attached hydrogens (tertiary/aromatic N) is 3. The molecule has 0 aliphatic carbocycles. The Morgan fingerprint density at radius 3 is 2.63 bits per heavy atom. The van der Waals surface area contributed by atoms with Gasteiger partial charge in [0, 0.05) is 38.6 Å². The molecule has 1 aromatic carbocycles. The van der Waals surface area contributed by atoms with Crippen molar-refractivity contribution in [2.45, 2.75) is 44.7 Å². The lowest BCUT2D eigenvalue weighted by Gasteiger charge is -2.38. The van der Waals surface area contributed by atoms with Gasteiger partial charge in [-0.2, -0.15) is 0 Å². The number of carbonyl (C=O) groups excluding carboxylic acids is 2. The SMILES string of the molecule is O=C(N[C@@H](CCN1CCC2(CC1)CCN(Cc1cccnc1)C2=O)c1ccccc1)C1CCOC1. The van der Waals surface area contributed by atoms with E-state index in [0.717, 1.165) is 69.4 Å². The van der Waals surface area contributed by atoms with Gasteiger partial charge >= 0.3 is 0 Å². The molecule has 35 heavy (non-hydrogen) atoms. The molecule has 1 aromatic heterocycles. The van der Waals surface area contributed by atoms with Crippen LogP contribution in [-0.2, 0) is 20.9 Å². The van der Waals surface area contributed by atoms with Gasteiger partial charge in [0.15, 0.2) is 0 Å². The van der Waals surface area contributed by atoms with E-state index >= 15 is 0 Å². The summed E-state index contributed by atoms with van der Waals surface area (Å²) >= 11 is 0. The minimum Gasteiger partial charge on any atom is -0.381 e. The van der Waals surface area contributed by atoms with Crippen LogP contribution in [0.3, 0.4) is 0 Å². The molecule has 1 spiro atoms. The van der Waals surface area contributed by atoms with Crippen molar-refractivity contribution >= 4 is 11.8 Å². The molecule has 186 valence electrons. The predicted molar refractivity (Wildman–Crippen MR) is 133 cm³/mol. The maximum absolute atomic E-state index is 13.3. The van der Waals surface area contributed by atoms with Crippen molar-refractivity contribution in [2.24, 2.45) is 11.3 Å². The lowest BCUT2D eigenvalue weighted by molar-refractivity contribution is -0.139. The lowest BCUT2D eigenvalue weighted by Crippen LogP contribution is -2.45. The van der Waals surface area contributed by atoms with Crippen LogP contribution in [0.4, 0.5) is 0 Å². The zero-order valence-electron chi connectivity index (χ0n) is 20.4. The molecule has 3 fully saturated rings. The van der Waals surface area contributed by atoms with Crippen LogP contribution in [0.5, 0.6) is 0 Å². The first kappa shape index (κ1) is 23.9. The number of amides is 2. The van der Waals surface area contributed by atoms with Gasteiger partial charge in [-0.25, -0.2) is 0 Å². The fourth-order valence-electron chi connectivity index (χ4n) is 5.77. The van der Waals surface area contributed by atoms with Crippen molar-refractivity contribution in [3.8, 4) is 0 Å². The molecule has 0 bridgehead atoms. The van der Waals surface area contributed by atoms with Gasteiger partial charge in [0.1, 0.15) is 0 Å². The molecule has 3 aliphatic heterocycles. The Morgan fingerprint density at radius 2 is 1.91 bits per heavy atom. The van der Waals surface area contributed by atoms with E-state index in [9.17, 15) is 9.59 Å². The minimum atomic E-state index is -0.200. The molecule has 4 heterocycles. The third-order valence-corrected chi connectivity index (χ3v) is 8.06. The van der Waals surface area contributed by atoms with Crippen molar-refractivity contribution in [1.29, 1.82) is 0 Å². The average molecular weight is 477 g/mol. The minimum absolute atomic E-state index is 0.0109. The summed E-state index contributed by atoms with van der Waals surface area (Å²) in [5.41, 5.74) is 2.03. The highest BCUT2D eigenvalue weighted by Crippen LogP contribution is 2.42. The molecule has 5 rings (SSSR count). The fraction of sp³-hybridized carbons (Fsp3) is 0.536. The van der Waals surface area contributed by atoms with E-state index in [2.05, 4.69) is 27.3 Å². The molecule has 0 saturated carbocycles. The number of pyridine rings is 1. The second-order valence-electron chi connectivity index (χ2n) is 10.3. The molecule has 1 N–H and O–H groups in total. The Balaban J connectivity index is 1.15. The zero-order valence-corrected chi connectivity index (χ0v) is 20.4. The summed E-state index contributed by atoms with van der Waals surface area (Å²) in [6, 6.07) is 14.2. The zero-order chi connectivity index (χ0) is 24.1. The Kier molecular flexibility index (Phi) is 7.44. The van der Waals surface area contributed by atoms with Gasteiger partial charge in [-0.15, -0.1) is 0 Å². The molecule has 7 nitrogen and oxygen atoms in total. The molecule has 3 saturated heterocycles. The van der Waals surface area contributed by atoms with E-state index in [1.165, 1.54) is 0 Å². The van der Waals surface area contributed by atoms with Crippen LogP contribution in [0, 0.1) is 11.3 Å². The highest BCUT2D eigenvalue weighted by atomic mass is 16.5. The molecule has 2 aromatic rings. The van der Waals surface area contributed by atoms with Crippen molar-refractivity contribution in [3.05, 3.63) is 66.0 Å². The summed E-state index contributed by atoms with van der Waals surface area (Å²) in [7, 11) is 0. The molecule has 2 atom stereocenters. The smallest absolute Gasteiger partial charge is 0.229 e. The summed E-state index contributed by atoms with van der Waals surface area (Å²) in [5.74, 6) is 0.368. The van der Waals surface area contributed by atoms with Gasteiger partial charge < -0.3 is 19.9 Å². The van der Waals surface area contributed by atoms with Gasteiger partial charge in [-0.05, 0) is 62.4 Å². The van der Waals surface area contributed by atoms with E-state index in [1.54, 1.807) is 6.20 Å². The molecule has 1 unspecified atom stereocenters. The molecule has 7 heteroatoms. The summed E-state index contributed by atoms with van der Waals surface area (Å²) < 4.78 is 5.41. The van der Waals surface area contributed by atoms with Crippen LogP contribution < -0.4 is 5.32 Å². The lowest BCUT2D eigenvalue weighted by atomic mass is 9.77. The average Bonchev–Trinajstić information content (AvgIpc) is 3.54. The number of hydrogen-bond acceptors (Lipinski definition) is 5. The number of benzene rings is 1. The normalized spacial score (nSPS) is 23.0. The topological polar surface area (TPSA) is 74.8 Å². The maximum atomic E-state index is 13.3. The van der Waals surface area contributed by atoms with Gasteiger partial charge in [0.25, 0.3) is 0 Å². The van der Waals surface area contributed by atoms with Gasteiger partial charge in [0.2, 0.25) is 11.8 Å². The maximum Gasteiger partial charge on any atom is 0.229 e. The van der Waals surface area contributed by atoms with E-state index in [4.69, 9.17) is 4.74 Å². The number of hydrogen-bond donors (Lipinski definition) is 1. The van der Waals surface area contributed by atoms with Crippen LogP contribution >= 0.6 is 0 Å². The molecule has 2 amide bonds. The van der Waals surface area contributed by atoms with Crippen molar-refractivity contribution in [1.82, 2.24) is 20.1 Å². The van der Waals surface area contributed by atoms with Crippen molar-refractivity contribution in [2.75, 3.05) is 39.4 Å². The largest absolute Gasteiger partial charge is 0.381 e. The van der Waals surface area contributed by atoms with Crippen molar-refractivity contribution < 1.29 is 14.3 Å². The van der Waals surface area contributed by atoms with E-state index in [-0.39, 0.29) is 23.3 Å². The number of likely N-dealkylation sites (tertiary alicyclic amines) is 2. The number of rotatable bonds is 8. The van der Waals surface area contributed by atoms with Crippen LogP contribution in [0.1, 0.15) is 49.3 Å². The number of ether oxygens (including phenoxy) is 1. The summed E-state index contributed by atoms with van der Waals surface area (Å²) in [6.07, 6.45) is 8.05. The van der Waals surface area contributed by atoms with Crippen molar-refractivity contribution in [3.63, 3.8) is 0 Å². The molecular formula is C28H36N4O3. The Morgan fingerprint density at radius 1 is 1.11 bits per heavy atom. The number of aromatic nitrogens is 1. The van der Waals surface area contributed by atoms with Gasteiger partial charge in [-0.1, -0.05) is 36.4 Å².